The molecular formula is C20H25N5O3S. The first-order chi connectivity index (χ1) is 14.1. The zero-order valence-electron chi connectivity index (χ0n) is 16.4. The smallest absolute Gasteiger partial charge is 0.243 e. The molecule has 2 aliphatic rings. The molecule has 3 atom stereocenters. The molecular weight excluding hydrogens is 390 g/mol. The molecule has 3 heterocycles. The normalized spacial score (nSPS) is 22.7. The van der Waals surface area contributed by atoms with Crippen LogP contribution in [-0.4, -0.2) is 55.3 Å². The Balaban J connectivity index is 1.50. The van der Waals surface area contributed by atoms with Crippen LogP contribution in [0.4, 0.5) is 0 Å². The molecule has 2 fully saturated rings. The summed E-state index contributed by atoms with van der Waals surface area (Å²) in [4.78, 5) is 40.2. The predicted molar refractivity (Wildman–Crippen MR) is 109 cm³/mol. The first-order valence-corrected chi connectivity index (χ1v) is 11.4. The maximum absolute atomic E-state index is 13.0. The van der Waals surface area contributed by atoms with E-state index in [-0.39, 0.29) is 36.1 Å². The number of nitrogens with zero attached hydrogens (tertiary/aromatic N) is 4. The molecule has 2 aromatic rings. The molecule has 0 unspecified atom stereocenters. The third-order valence-electron chi connectivity index (χ3n) is 5.89. The quantitative estimate of drug-likeness (QED) is 0.691. The van der Waals surface area contributed by atoms with Crippen molar-refractivity contribution in [2.24, 2.45) is 11.8 Å². The van der Waals surface area contributed by atoms with E-state index < -0.39 is 6.04 Å². The maximum Gasteiger partial charge on any atom is 0.243 e. The lowest BCUT2D eigenvalue weighted by molar-refractivity contribution is -0.148. The summed E-state index contributed by atoms with van der Waals surface area (Å²) in [5, 5.41) is 11.1. The van der Waals surface area contributed by atoms with Crippen molar-refractivity contribution in [3.63, 3.8) is 0 Å². The van der Waals surface area contributed by atoms with Crippen LogP contribution in [0.25, 0.3) is 5.65 Å². The summed E-state index contributed by atoms with van der Waals surface area (Å²) in [6.07, 6.45) is 7.66. The minimum Gasteiger partial charge on any atom is -0.347 e. The van der Waals surface area contributed by atoms with E-state index in [1.54, 1.807) is 16.2 Å². The predicted octanol–water partition coefficient (Wildman–Crippen LogP) is 1.64. The van der Waals surface area contributed by atoms with Crippen LogP contribution in [0.3, 0.4) is 0 Å². The van der Waals surface area contributed by atoms with Gasteiger partial charge in [0.15, 0.2) is 11.5 Å². The summed E-state index contributed by atoms with van der Waals surface area (Å²) in [7, 11) is 0. The Bertz CT molecular complexity index is 906. The van der Waals surface area contributed by atoms with Gasteiger partial charge in [0, 0.05) is 6.20 Å². The summed E-state index contributed by atoms with van der Waals surface area (Å²) in [6, 6.07) is 4.80. The highest BCUT2D eigenvalue weighted by molar-refractivity contribution is 7.98. The fourth-order valence-electron chi connectivity index (χ4n) is 4.40. The summed E-state index contributed by atoms with van der Waals surface area (Å²) in [5.41, 5.74) is 0.699. The summed E-state index contributed by atoms with van der Waals surface area (Å²) in [6.45, 7) is 0.183. The lowest BCUT2D eigenvalue weighted by atomic mass is 9.81. The highest BCUT2D eigenvalue weighted by Gasteiger charge is 2.51. The van der Waals surface area contributed by atoms with Gasteiger partial charge in [-0.2, -0.15) is 11.8 Å². The van der Waals surface area contributed by atoms with E-state index >= 15 is 0 Å². The number of rotatable bonds is 7. The third kappa shape index (κ3) is 3.75. The molecule has 1 aliphatic carbocycles. The van der Waals surface area contributed by atoms with Crippen LogP contribution in [0.1, 0.15) is 37.9 Å². The van der Waals surface area contributed by atoms with Gasteiger partial charge in [-0.1, -0.05) is 18.9 Å². The van der Waals surface area contributed by atoms with Crippen LogP contribution in [-0.2, 0) is 20.9 Å². The van der Waals surface area contributed by atoms with Gasteiger partial charge in [0.25, 0.3) is 0 Å². The Morgan fingerprint density at radius 3 is 2.62 bits per heavy atom. The summed E-state index contributed by atoms with van der Waals surface area (Å²) >= 11 is 1.60. The number of pyridine rings is 1. The van der Waals surface area contributed by atoms with E-state index in [0.29, 0.717) is 23.6 Å². The van der Waals surface area contributed by atoms with Crippen LogP contribution in [0.15, 0.2) is 24.4 Å². The second-order valence-electron chi connectivity index (χ2n) is 7.60. The number of amides is 3. The van der Waals surface area contributed by atoms with Gasteiger partial charge in [0.2, 0.25) is 17.7 Å². The zero-order valence-corrected chi connectivity index (χ0v) is 17.2. The van der Waals surface area contributed by atoms with Gasteiger partial charge >= 0.3 is 0 Å². The van der Waals surface area contributed by atoms with Gasteiger partial charge in [0.1, 0.15) is 6.04 Å². The number of imide groups is 1. The molecule has 29 heavy (non-hydrogen) atoms. The van der Waals surface area contributed by atoms with Crippen molar-refractivity contribution < 1.29 is 14.4 Å². The zero-order chi connectivity index (χ0) is 20.4. The van der Waals surface area contributed by atoms with E-state index in [9.17, 15) is 14.4 Å². The van der Waals surface area contributed by atoms with Crippen LogP contribution >= 0.6 is 11.8 Å². The molecule has 1 N–H and O–H groups in total. The number of likely N-dealkylation sites (tertiary alicyclic amines) is 1. The number of carbonyl (C=O) groups excluding carboxylic acids is 3. The topological polar surface area (TPSA) is 96.7 Å². The standard InChI is InChI=1S/C20H25N5O3S/c1-29-11-9-15(25-19(27)13-6-2-3-7-14(13)20(25)28)18(26)21-12-17-23-22-16-8-4-5-10-24(16)17/h4-5,8,10,13-15H,2-3,6-7,9,11-12H2,1H3,(H,21,26)/t13-,14-,15+/m0/s1. The van der Waals surface area contributed by atoms with E-state index in [4.69, 9.17) is 0 Å². The Morgan fingerprint density at radius 1 is 1.21 bits per heavy atom. The van der Waals surface area contributed by atoms with Crippen molar-refractivity contribution in [2.75, 3.05) is 12.0 Å². The number of carbonyl (C=O) groups is 3. The van der Waals surface area contributed by atoms with Gasteiger partial charge in [-0.3, -0.25) is 23.7 Å². The highest BCUT2D eigenvalue weighted by atomic mass is 32.2. The maximum atomic E-state index is 13.0. The molecule has 0 aromatic carbocycles. The molecule has 1 saturated carbocycles. The molecule has 1 saturated heterocycles. The third-order valence-corrected chi connectivity index (χ3v) is 6.53. The van der Waals surface area contributed by atoms with Crippen LogP contribution in [0, 0.1) is 11.8 Å². The molecule has 4 rings (SSSR count). The van der Waals surface area contributed by atoms with Crippen molar-refractivity contribution in [2.45, 2.75) is 44.7 Å². The molecule has 8 nitrogen and oxygen atoms in total. The van der Waals surface area contributed by atoms with Crippen molar-refractivity contribution in [1.82, 2.24) is 24.8 Å². The molecule has 9 heteroatoms. The number of hydrogen-bond acceptors (Lipinski definition) is 6. The SMILES string of the molecule is CSCC[C@H](C(=O)NCc1nnc2ccccn12)N1C(=O)[C@H]2CCCC[C@@H]2C1=O. The van der Waals surface area contributed by atoms with Gasteiger partial charge in [-0.25, -0.2) is 0 Å². The monoisotopic (exact) mass is 415 g/mol. The van der Waals surface area contributed by atoms with Gasteiger partial charge < -0.3 is 5.32 Å². The van der Waals surface area contributed by atoms with Crippen molar-refractivity contribution in [3.8, 4) is 0 Å². The fraction of sp³-hybridized carbons (Fsp3) is 0.550. The Kier molecular flexibility index (Phi) is 5.84. The molecule has 0 radical (unpaired) electrons. The molecule has 3 amide bonds. The summed E-state index contributed by atoms with van der Waals surface area (Å²) in [5.74, 6) is 0.140. The Labute approximate surface area is 173 Å². The fourth-order valence-corrected chi connectivity index (χ4v) is 4.86. The average molecular weight is 416 g/mol. The van der Waals surface area contributed by atoms with Crippen LogP contribution in [0.5, 0.6) is 0 Å². The van der Waals surface area contributed by atoms with E-state index in [0.717, 1.165) is 25.7 Å². The van der Waals surface area contributed by atoms with Crippen molar-refractivity contribution in [1.29, 1.82) is 0 Å². The largest absolute Gasteiger partial charge is 0.347 e. The lowest BCUT2D eigenvalue weighted by Crippen LogP contribution is -2.50. The minimum absolute atomic E-state index is 0.172. The lowest BCUT2D eigenvalue weighted by Gasteiger charge is -2.25. The number of thioether (sulfide) groups is 1. The van der Waals surface area contributed by atoms with Gasteiger partial charge in [0.05, 0.1) is 18.4 Å². The first-order valence-electron chi connectivity index (χ1n) is 10.0. The van der Waals surface area contributed by atoms with Crippen molar-refractivity contribution in [3.05, 3.63) is 30.2 Å². The molecule has 1 aliphatic heterocycles. The minimum atomic E-state index is -0.771. The Hall–Kier alpha value is -2.42. The second-order valence-corrected chi connectivity index (χ2v) is 8.59. The molecule has 0 bridgehead atoms. The van der Waals surface area contributed by atoms with E-state index in [2.05, 4.69) is 15.5 Å². The Morgan fingerprint density at radius 2 is 1.93 bits per heavy atom. The molecule has 2 aromatic heterocycles. The second kappa shape index (κ2) is 8.52. The number of hydrogen-bond donors (Lipinski definition) is 1. The molecule has 0 spiro atoms. The van der Waals surface area contributed by atoms with Crippen molar-refractivity contribution >= 4 is 35.1 Å². The van der Waals surface area contributed by atoms with Crippen LogP contribution < -0.4 is 5.32 Å². The number of fused-ring (bicyclic) bond motifs is 2. The number of aromatic nitrogens is 3. The van der Waals surface area contributed by atoms with Gasteiger partial charge in [-0.15, -0.1) is 10.2 Å². The van der Waals surface area contributed by atoms with Crippen LogP contribution in [0.2, 0.25) is 0 Å². The highest BCUT2D eigenvalue weighted by Crippen LogP contribution is 2.39. The number of nitrogens with one attached hydrogen (secondary N) is 1. The average Bonchev–Trinajstić information content (AvgIpc) is 3.27. The summed E-state index contributed by atoms with van der Waals surface area (Å²) < 4.78 is 1.80. The van der Waals surface area contributed by atoms with E-state index in [1.165, 1.54) is 4.90 Å². The van der Waals surface area contributed by atoms with Gasteiger partial charge in [-0.05, 0) is 43.4 Å². The van der Waals surface area contributed by atoms with E-state index in [1.807, 2.05) is 30.7 Å². The molecule has 154 valence electrons. The first kappa shape index (κ1) is 19.9.